The SMILES string of the molecule is CN(C)c1nc(C(=O)N2[C@@H]3CC[C@@H](C3)[C@H]2CNC(=O)c2n[nH]c3ccccc23)c(-c2cccc(F)c2)s1. The number of H-pyrrole nitrogens is 1. The Morgan fingerprint density at radius 3 is 2.81 bits per heavy atom. The van der Waals surface area contributed by atoms with Gasteiger partial charge in [0.1, 0.15) is 11.5 Å². The minimum absolute atomic E-state index is 0.107. The summed E-state index contributed by atoms with van der Waals surface area (Å²) in [6, 6.07) is 13.7. The second-order valence-electron chi connectivity index (χ2n) is 9.91. The van der Waals surface area contributed by atoms with Gasteiger partial charge in [-0.15, -0.1) is 0 Å². The molecule has 2 bridgehead atoms. The predicted octanol–water partition coefficient (Wildman–Crippen LogP) is 4.31. The third kappa shape index (κ3) is 4.15. The standard InChI is InChI=1S/C27H27FN6O2S/c1-33(2)27-30-23(24(37-27)16-6-5-7-17(28)12-16)26(36)34-18-11-10-15(13-18)21(34)14-29-25(35)22-19-8-3-4-9-20(19)31-32-22/h3-9,12,15,18,21H,10-11,13-14H2,1-2H3,(H,29,35)(H,31,32)/t15-,18+,21+/m0/s1. The van der Waals surface area contributed by atoms with Gasteiger partial charge in [0.25, 0.3) is 11.8 Å². The second-order valence-corrected chi connectivity index (χ2v) is 10.9. The second kappa shape index (κ2) is 9.26. The maximum Gasteiger partial charge on any atom is 0.274 e. The number of rotatable bonds is 6. The van der Waals surface area contributed by atoms with Gasteiger partial charge in [0.05, 0.1) is 16.4 Å². The van der Waals surface area contributed by atoms with E-state index >= 15 is 0 Å². The van der Waals surface area contributed by atoms with Crippen LogP contribution in [-0.4, -0.2) is 64.6 Å². The van der Waals surface area contributed by atoms with Crippen molar-refractivity contribution in [1.82, 2.24) is 25.4 Å². The summed E-state index contributed by atoms with van der Waals surface area (Å²) in [5.74, 6) is -0.478. The van der Waals surface area contributed by atoms with Gasteiger partial charge in [0.15, 0.2) is 10.8 Å². The van der Waals surface area contributed by atoms with E-state index in [1.807, 2.05) is 48.2 Å². The van der Waals surface area contributed by atoms with Crippen LogP contribution < -0.4 is 10.2 Å². The molecule has 10 heteroatoms. The minimum atomic E-state index is -0.359. The minimum Gasteiger partial charge on any atom is -0.354 e. The monoisotopic (exact) mass is 518 g/mol. The van der Waals surface area contributed by atoms with Crippen LogP contribution in [0.15, 0.2) is 48.5 Å². The van der Waals surface area contributed by atoms with E-state index in [1.54, 1.807) is 12.1 Å². The number of benzene rings is 2. The first-order chi connectivity index (χ1) is 17.9. The lowest BCUT2D eigenvalue weighted by molar-refractivity contribution is 0.0577. The van der Waals surface area contributed by atoms with Gasteiger partial charge in [-0.2, -0.15) is 5.10 Å². The Morgan fingerprint density at radius 1 is 1.16 bits per heavy atom. The molecule has 4 aromatic rings. The maximum absolute atomic E-state index is 14.1. The third-order valence-corrected chi connectivity index (χ3v) is 8.69. The van der Waals surface area contributed by atoms with E-state index in [0.29, 0.717) is 39.4 Å². The molecule has 2 N–H and O–H groups in total. The highest BCUT2D eigenvalue weighted by Crippen LogP contribution is 2.44. The number of hydrogen-bond donors (Lipinski definition) is 2. The first kappa shape index (κ1) is 23.6. The van der Waals surface area contributed by atoms with Gasteiger partial charge in [0, 0.05) is 32.1 Å². The number of anilines is 1. The molecular formula is C27H27FN6O2S. The predicted molar refractivity (Wildman–Crippen MR) is 141 cm³/mol. The number of thiazole rings is 1. The lowest BCUT2D eigenvalue weighted by atomic mass is 9.98. The van der Waals surface area contributed by atoms with Gasteiger partial charge in [0.2, 0.25) is 0 Å². The van der Waals surface area contributed by atoms with Crippen molar-refractivity contribution in [3.63, 3.8) is 0 Å². The quantitative estimate of drug-likeness (QED) is 0.397. The number of halogens is 1. The van der Waals surface area contributed by atoms with Gasteiger partial charge < -0.3 is 15.1 Å². The fourth-order valence-corrected chi connectivity index (χ4v) is 6.66. The summed E-state index contributed by atoms with van der Waals surface area (Å²) in [6.07, 6.45) is 2.87. The molecule has 1 aliphatic heterocycles. The van der Waals surface area contributed by atoms with Crippen LogP contribution in [0.2, 0.25) is 0 Å². The van der Waals surface area contributed by atoms with Gasteiger partial charge in [-0.25, -0.2) is 9.37 Å². The molecule has 0 spiro atoms. The number of aromatic amines is 1. The van der Waals surface area contributed by atoms with Crippen molar-refractivity contribution in [2.75, 3.05) is 25.5 Å². The molecular weight excluding hydrogens is 491 g/mol. The topological polar surface area (TPSA) is 94.2 Å². The van der Waals surface area contributed by atoms with Crippen molar-refractivity contribution in [3.05, 3.63) is 65.7 Å². The van der Waals surface area contributed by atoms with E-state index in [1.165, 1.54) is 23.5 Å². The van der Waals surface area contributed by atoms with E-state index in [9.17, 15) is 14.0 Å². The highest BCUT2D eigenvalue weighted by molar-refractivity contribution is 7.19. The maximum atomic E-state index is 14.1. The number of para-hydroxylation sites is 1. The zero-order chi connectivity index (χ0) is 25.7. The van der Waals surface area contributed by atoms with E-state index < -0.39 is 0 Å². The number of likely N-dealkylation sites (tertiary alicyclic amines) is 1. The summed E-state index contributed by atoms with van der Waals surface area (Å²) >= 11 is 1.37. The van der Waals surface area contributed by atoms with Crippen molar-refractivity contribution in [1.29, 1.82) is 0 Å². The lowest BCUT2D eigenvalue weighted by Gasteiger charge is -2.35. The number of piperidine rings is 1. The molecule has 2 aliphatic rings. The lowest BCUT2D eigenvalue weighted by Crippen LogP contribution is -2.50. The Labute approximate surface area is 217 Å². The molecule has 8 nitrogen and oxygen atoms in total. The molecule has 2 fully saturated rings. The molecule has 1 saturated heterocycles. The largest absolute Gasteiger partial charge is 0.354 e. The molecule has 0 radical (unpaired) electrons. The summed E-state index contributed by atoms with van der Waals surface area (Å²) in [7, 11) is 3.74. The zero-order valence-corrected chi connectivity index (χ0v) is 21.4. The average molecular weight is 519 g/mol. The van der Waals surface area contributed by atoms with Crippen LogP contribution in [0.4, 0.5) is 9.52 Å². The van der Waals surface area contributed by atoms with Gasteiger partial charge >= 0.3 is 0 Å². The smallest absolute Gasteiger partial charge is 0.274 e. The molecule has 190 valence electrons. The number of amides is 2. The van der Waals surface area contributed by atoms with Crippen LogP contribution in [0, 0.1) is 11.7 Å². The molecule has 2 amide bonds. The number of nitrogens with zero attached hydrogens (tertiary/aromatic N) is 4. The third-order valence-electron chi connectivity index (χ3n) is 7.42. The highest BCUT2D eigenvalue weighted by atomic mass is 32.1. The average Bonchev–Trinajstić information content (AvgIpc) is 3.68. The highest BCUT2D eigenvalue weighted by Gasteiger charge is 2.49. The van der Waals surface area contributed by atoms with Crippen molar-refractivity contribution >= 4 is 39.2 Å². The van der Waals surface area contributed by atoms with E-state index in [4.69, 9.17) is 0 Å². The first-order valence-corrected chi connectivity index (χ1v) is 13.2. The number of carbonyl (C=O) groups excluding carboxylic acids is 2. The molecule has 3 heterocycles. The Morgan fingerprint density at radius 2 is 2.00 bits per heavy atom. The fraction of sp³-hybridized carbons (Fsp3) is 0.333. The summed E-state index contributed by atoms with van der Waals surface area (Å²) in [6.45, 7) is 0.340. The van der Waals surface area contributed by atoms with Gasteiger partial charge in [-0.05, 0) is 48.9 Å². The Hall–Kier alpha value is -3.79. The van der Waals surface area contributed by atoms with Crippen LogP contribution >= 0.6 is 11.3 Å². The molecule has 1 saturated carbocycles. The number of aromatic nitrogens is 3. The summed E-state index contributed by atoms with van der Waals surface area (Å²) in [4.78, 5) is 36.2. The Bertz CT molecular complexity index is 1500. The molecule has 2 aromatic heterocycles. The number of hydrogen-bond acceptors (Lipinski definition) is 6. The van der Waals surface area contributed by atoms with Gasteiger partial charge in [-0.3, -0.25) is 14.7 Å². The zero-order valence-electron chi connectivity index (χ0n) is 20.6. The fourth-order valence-electron chi connectivity index (χ4n) is 5.68. The van der Waals surface area contributed by atoms with Crippen LogP contribution in [0.3, 0.4) is 0 Å². The Balaban J connectivity index is 1.28. The van der Waals surface area contributed by atoms with Crippen molar-refractivity contribution in [3.8, 4) is 10.4 Å². The molecule has 37 heavy (non-hydrogen) atoms. The summed E-state index contributed by atoms with van der Waals surface area (Å²) in [5.41, 5.74) is 2.12. The number of carbonyl (C=O) groups is 2. The number of nitrogens with one attached hydrogen (secondary N) is 2. The Kier molecular flexibility index (Phi) is 5.91. The van der Waals surface area contributed by atoms with Crippen LogP contribution in [0.1, 0.15) is 40.2 Å². The van der Waals surface area contributed by atoms with E-state index in [2.05, 4.69) is 20.5 Å². The van der Waals surface area contributed by atoms with E-state index in [-0.39, 0.29) is 29.7 Å². The number of fused-ring (bicyclic) bond motifs is 3. The van der Waals surface area contributed by atoms with E-state index in [0.717, 1.165) is 30.2 Å². The van der Waals surface area contributed by atoms with Crippen molar-refractivity contribution in [2.45, 2.75) is 31.3 Å². The summed E-state index contributed by atoms with van der Waals surface area (Å²) < 4.78 is 14.1. The molecule has 0 unspecified atom stereocenters. The van der Waals surface area contributed by atoms with Crippen LogP contribution in [0.5, 0.6) is 0 Å². The van der Waals surface area contributed by atoms with Crippen LogP contribution in [-0.2, 0) is 0 Å². The summed E-state index contributed by atoms with van der Waals surface area (Å²) in [5, 5.41) is 11.6. The molecule has 6 rings (SSSR count). The first-order valence-electron chi connectivity index (χ1n) is 12.4. The van der Waals surface area contributed by atoms with Crippen LogP contribution in [0.25, 0.3) is 21.3 Å². The normalized spacial score (nSPS) is 20.5. The van der Waals surface area contributed by atoms with Crippen molar-refractivity contribution < 1.29 is 14.0 Å². The van der Waals surface area contributed by atoms with Gasteiger partial charge in [-0.1, -0.05) is 41.7 Å². The molecule has 2 aromatic carbocycles. The molecule has 3 atom stereocenters. The van der Waals surface area contributed by atoms with Crippen molar-refractivity contribution in [2.24, 2.45) is 5.92 Å². The molecule has 1 aliphatic carbocycles.